The number of nitrogens with zero attached hydrogens (tertiary/aromatic N) is 3. The second kappa shape index (κ2) is 8.32. The first kappa shape index (κ1) is 21.3. The number of anilines is 1. The van der Waals surface area contributed by atoms with Gasteiger partial charge in [0.2, 0.25) is 5.91 Å². The third-order valence-electron chi connectivity index (χ3n) is 6.28. The lowest BCUT2D eigenvalue weighted by Gasteiger charge is -2.29. The van der Waals surface area contributed by atoms with Crippen molar-refractivity contribution >= 4 is 17.8 Å². The quantitative estimate of drug-likeness (QED) is 0.700. The van der Waals surface area contributed by atoms with E-state index >= 15 is 0 Å². The number of urea groups is 1. The Balaban J connectivity index is 1.40. The largest absolute Gasteiger partial charge is 0.354 e. The fourth-order valence-electron chi connectivity index (χ4n) is 4.76. The molecule has 0 bridgehead atoms. The molecule has 0 unspecified atom stereocenters. The smallest absolute Gasteiger partial charge is 0.320 e. The van der Waals surface area contributed by atoms with Crippen LogP contribution in [-0.4, -0.2) is 38.8 Å². The van der Waals surface area contributed by atoms with E-state index in [-0.39, 0.29) is 29.4 Å². The van der Waals surface area contributed by atoms with Crippen LogP contribution in [0, 0.1) is 12.3 Å². The van der Waals surface area contributed by atoms with Crippen molar-refractivity contribution in [3.8, 4) is 11.1 Å². The number of fused-ring (bicyclic) bond motifs is 1. The van der Waals surface area contributed by atoms with Gasteiger partial charge in [0.05, 0.1) is 6.20 Å². The highest BCUT2D eigenvalue weighted by Gasteiger charge is 2.32. The molecule has 8 heteroatoms. The Labute approximate surface area is 183 Å². The normalized spacial score (nSPS) is 21.9. The van der Waals surface area contributed by atoms with Crippen LogP contribution >= 0.6 is 0 Å². The number of carbonyl (C=O) groups excluding carboxylic acids is 2. The maximum Gasteiger partial charge on any atom is 0.320 e. The van der Waals surface area contributed by atoms with E-state index in [1.165, 1.54) is 5.69 Å². The highest BCUT2D eigenvalue weighted by atomic mass is 16.2. The summed E-state index contributed by atoms with van der Waals surface area (Å²) in [5.74, 6) is 0.533. The predicted molar refractivity (Wildman–Crippen MR) is 120 cm³/mol. The molecule has 0 aromatic carbocycles. The molecule has 1 saturated carbocycles. The fraction of sp³-hybridized carbons (Fsp3) is 0.565. The number of rotatable bonds is 4. The average Bonchev–Trinajstić information content (AvgIpc) is 3.19. The fourth-order valence-corrected chi connectivity index (χ4v) is 4.76. The first-order chi connectivity index (χ1) is 14.7. The minimum Gasteiger partial charge on any atom is -0.354 e. The van der Waals surface area contributed by atoms with Crippen molar-refractivity contribution < 1.29 is 9.59 Å². The van der Waals surface area contributed by atoms with Gasteiger partial charge >= 0.3 is 6.03 Å². The highest BCUT2D eigenvalue weighted by Crippen LogP contribution is 2.38. The van der Waals surface area contributed by atoms with Gasteiger partial charge in [-0.15, -0.1) is 0 Å². The van der Waals surface area contributed by atoms with Crippen LogP contribution in [0.3, 0.4) is 0 Å². The lowest BCUT2D eigenvalue weighted by molar-refractivity contribution is -0.119. The Morgan fingerprint density at radius 1 is 1.06 bits per heavy atom. The zero-order valence-electron chi connectivity index (χ0n) is 18.8. The molecule has 31 heavy (non-hydrogen) atoms. The summed E-state index contributed by atoms with van der Waals surface area (Å²) >= 11 is 0. The summed E-state index contributed by atoms with van der Waals surface area (Å²) in [5.41, 5.74) is 4.68. The Bertz CT molecular complexity index is 988. The van der Waals surface area contributed by atoms with Gasteiger partial charge in [-0.25, -0.2) is 9.78 Å². The summed E-state index contributed by atoms with van der Waals surface area (Å²) in [6.07, 6.45) is 8.15. The molecule has 0 atom stereocenters. The van der Waals surface area contributed by atoms with Crippen molar-refractivity contribution in [2.75, 3.05) is 5.32 Å². The van der Waals surface area contributed by atoms with E-state index in [0.29, 0.717) is 5.82 Å². The van der Waals surface area contributed by atoms with Gasteiger partial charge in [-0.3, -0.25) is 14.8 Å². The van der Waals surface area contributed by atoms with E-state index in [4.69, 9.17) is 0 Å². The number of carbonyl (C=O) groups is 2. The van der Waals surface area contributed by atoms with Gasteiger partial charge in [-0.1, -0.05) is 13.8 Å². The Morgan fingerprint density at radius 2 is 1.74 bits per heavy atom. The molecule has 1 aliphatic heterocycles. The summed E-state index contributed by atoms with van der Waals surface area (Å²) in [7, 11) is 0. The molecular formula is C23H32N6O2. The summed E-state index contributed by atoms with van der Waals surface area (Å²) in [4.78, 5) is 28.2. The first-order valence-electron chi connectivity index (χ1n) is 11.1. The van der Waals surface area contributed by atoms with Gasteiger partial charge in [0, 0.05) is 43.0 Å². The molecular weight excluding hydrogens is 392 g/mol. The van der Waals surface area contributed by atoms with E-state index in [1.807, 2.05) is 19.2 Å². The SMILES string of the molecule is CC(=O)NC1CCC(NC(=O)Nc2cc(-c3cnn4c3CC(C)(C)C4)c(C)cn2)CC1. The van der Waals surface area contributed by atoms with Crippen molar-refractivity contribution in [1.29, 1.82) is 0 Å². The molecule has 8 nitrogen and oxygen atoms in total. The van der Waals surface area contributed by atoms with Gasteiger partial charge in [-0.2, -0.15) is 5.10 Å². The van der Waals surface area contributed by atoms with Crippen molar-refractivity contribution in [3.05, 3.63) is 29.7 Å². The molecule has 1 fully saturated rings. The monoisotopic (exact) mass is 424 g/mol. The zero-order valence-corrected chi connectivity index (χ0v) is 18.8. The van der Waals surface area contributed by atoms with Crippen LogP contribution in [0.2, 0.25) is 0 Å². The van der Waals surface area contributed by atoms with E-state index < -0.39 is 0 Å². The average molecular weight is 425 g/mol. The van der Waals surface area contributed by atoms with Crippen LogP contribution in [-0.2, 0) is 17.8 Å². The van der Waals surface area contributed by atoms with Crippen LogP contribution in [0.1, 0.15) is 57.7 Å². The number of aryl methyl sites for hydroxylation is 1. The number of aromatic nitrogens is 3. The summed E-state index contributed by atoms with van der Waals surface area (Å²) in [6, 6.07) is 2.01. The highest BCUT2D eigenvalue weighted by molar-refractivity contribution is 5.89. The maximum atomic E-state index is 12.5. The van der Waals surface area contributed by atoms with E-state index in [0.717, 1.165) is 55.3 Å². The van der Waals surface area contributed by atoms with E-state index in [2.05, 4.69) is 44.6 Å². The number of hydrogen-bond acceptors (Lipinski definition) is 4. The number of hydrogen-bond donors (Lipinski definition) is 3. The number of nitrogens with one attached hydrogen (secondary N) is 3. The molecule has 3 heterocycles. The molecule has 3 N–H and O–H groups in total. The summed E-state index contributed by atoms with van der Waals surface area (Å²) in [5, 5.41) is 13.5. The Morgan fingerprint density at radius 3 is 2.42 bits per heavy atom. The molecule has 2 aliphatic rings. The third kappa shape index (κ3) is 4.89. The van der Waals surface area contributed by atoms with Gasteiger partial charge in [0.1, 0.15) is 5.82 Å². The molecule has 166 valence electrons. The predicted octanol–water partition coefficient (Wildman–Crippen LogP) is 3.40. The van der Waals surface area contributed by atoms with Crippen LogP contribution in [0.15, 0.2) is 18.5 Å². The minimum atomic E-state index is -0.244. The Hall–Kier alpha value is -2.90. The van der Waals surface area contributed by atoms with Crippen molar-refractivity contribution in [2.45, 2.75) is 78.4 Å². The van der Waals surface area contributed by atoms with Crippen molar-refractivity contribution in [1.82, 2.24) is 25.4 Å². The zero-order chi connectivity index (χ0) is 22.2. The second-order valence-corrected chi connectivity index (χ2v) is 9.74. The molecule has 0 spiro atoms. The molecule has 3 amide bonds. The van der Waals surface area contributed by atoms with Crippen LogP contribution in [0.25, 0.3) is 11.1 Å². The van der Waals surface area contributed by atoms with E-state index in [9.17, 15) is 9.59 Å². The molecule has 0 saturated heterocycles. The number of amides is 3. The van der Waals surface area contributed by atoms with Crippen LogP contribution in [0.5, 0.6) is 0 Å². The summed E-state index contributed by atoms with van der Waals surface area (Å²) in [6.45, 7) is 9.01. The lowest BCUT2D eigenvalue weighted by Crippen LogP contribution is -2.44. The van der Waals surface area contributed by atoms with Crippen molar-refractivity contribution in [3.63, 3.8) is 0 Å². The van der Waals surface area contributed by atoms with Crippen molar-refractivity contribution in [2.24, 2.45) is 5.41 Å². The van der Waals surface area contributed by atoms with Crippen LogP contribution < -0.4 is 16.0 Å². The van der Waals surface area contributed by atoms with Gasteiger partial charge in [-0.05, 0) is 61.6 Å². The van der Waals surface area contributed by atoms with Gasteiger partial charge in [0.25, 0.3) is 0 Å². The van der Waals surface area contributed by atoms with E-state index in [1.54, 1.807) is 13.1 Å². The molecule has 1 aliphatic carbocycles. The second-order valence-electron chi connectivity index (χ2n) is 9.74. The first-order valence-corrected chi connectivity index (χ1v) is 11.1. The maximum absolute atomic E-state index is 12.5. The Kier molecular flexibility index (Phi) is 5.73. The summed E-state index contributed by atoms with van der Waals surface area (Å²) < 4.78 is 2.09. The van der Waals surface area contributed by atoms with Gasteiger partial charge in [0.15, 0.2) is 0 Å². The molecule has 4 rings (SSSR count). The topological polar surface area (TPSA) is 101 Å². The van der Waals surface area contributed by atoms with Gasteiger partial charge < -0.3 is 10.6 Å². The van der Waals surface area contributed by atoms with Crippen LogP contribution in [0.4, 0.5) is 10.6 Å². The third-order valence-corrected chi connectivity index (χ3v) is 6.28. The minimum absolute atomic E-state index is 0.00281. The number of pyridine rings is 1. The molecule has 2 aromatic heterocycles. The molecule has 2 aromatic rings. The standard InChI is InChI=1S/C23H32N6O2/c1-14-11-24-21(9-18(14)19-12-25-29-13-23(3,4)10-20(19)29)28-22(31)27-17-7-5-16(6-8-17)26-15(2)30/h9,11-12,16-17H,5-8,10,13H2,1-4H3,(H,26,30)(H2,24,27,28,31). The lowest BCUT2D eigenvalue weighted by atomic mass is 9.89. The molecule has 0 radical (unpaired) electrons.